The summed E-state index contributed by atoms with van der Waals surface area (Å²) in [5, 5.41) is 2.52. The van der Waals surface area contributed by atoms with Gasteiger partial charge in [-0.15, -0.1) is 0 Å². The van der Waals surface area contributed by atoms with Crippen LogP contribution in [0, 0.1) is 11.3 Å². The number of nitrogens with one attached hydrogen (secondary N) is 1. The molecule has 1 aliphatic rings. The van der Waals surface area contributed by atoms with Crippen molar-refractivity contribution in [3.8, 4) is 0 Å². The van der Waals surface area contributed by atoms with Crippen LogP contribution in [0.1, 0.15) is 47.5 Å². The van der Waals surface area contributed by atoms with Gasteiger partial charge >= 0.3 is 5.97 Å². The first-order chi connectivity index (χ1) is 11.5. The highest BCUT2D eigenvalue weighted by Gasteiger charge is 2.47. The zero-order valence-electron chi connectivity index (χ0n) is 15.5. The van der Waals surface area contributed by atoms with E-state index in [0.29, 0.717) is 0 Å². The molecule has 0 aromatic rings. The van der Waals surface area contributed by atoms with Crippen molar-refractivity contribution in [2.24, 2.45) is 11.3 Å². The number of rotatable bonds is 10. The fourth-order valence-electron chi connectivity index (χ4n) is 2.23. The van der Waals surface area contributed by atoms with Gasteiger partial charge in [0.1, 0.15) is 0 Å². The zero-order chi connectivity index (χ0) is 19.3. The third-order valence-corrected chi connectivity index (χ3v) is 5.36. The van der Waals surface area contributed by atoms with Gasteiger partial charge in [0.2, 0.25) is 12.2 Å². The molecule has 1 N–H and O–H groups in total. The van der Waals surface area contributed by atoms with Crippen molar-refractivity contribution in [2.75, 3.05) is 18.9 Å². The Morgan fingerprint density at radius 3 is 2.60 bits per heavy atom. The van der Waals surface area contributed by atoms with E-state index in [4.69, 9.17) is 13.7 Å². The summed E-state index contributed by atoms with van der Waals surface area (Å²) in [4.78, 5) is 22.8. The van der Waals surface area contributed by atoms with Gasteiger partial charge in [-0.2, -0.15) is 8.42 Å². The molecule has 1 saturated heterocycles. The second-order valence-electron chi connectivity index (χ2n) is 7.06. The third-order valence-electron chi connectivity index (χ3n) is 4.09. The molecule has 25 heavy (non-hydrogen) atoms. The van der Waals surface area contributed by atoms with Crippen molar-refractivity contribution in [2.45, 2.75) is 59.9 Å². The number of esters is 1. The van der Waals surface area contributed by atoms with Gasteiger partial charge < -0.3 is 14.8 Å². The molecular formula is C16H29NO7S. The second kappa shape index (κ2) is 8.95. The van der Waals surface area contributed by atoms with Crippen LogP contribution in [0.4, 0.5) is 0 Å². The monoisotopic (exact) mass is 379 g/mol. The number of hydrogen-bond donors (Lipinski definition) is 1. The lowest BCUT2D eigenvalue weighted by Crippen LogP contribution is -2.39. The lowest BCUT2D eigenvalue weighted by atomic mass is 9.87. The maximum atomic E-state index is 12.1. The molecule has 146 valence electrons. The molecule has 0 radical (unpaired) electrons. The van der Waals surface area contributed by atoms with E-state index < -0.39 is 33.9 Å². The fourth-order valence-corrected chi connectivity index (χ4v) is 3.33. The largest absolute Gasteiger partial charge is 0.433 e. The van der Waals surface area contributed by atoms with Crippen LogP contribution in [0.3, 0.4) is 0 Å². The molecule has 0 saturated carbocycles. The SMILES string of the molecule is CCC(C)C1OC(=O)[C@@H](C(C)(C)COS(=O)(=O)CCCNC(C)=O)O1. The maximum absolute atomic E-state index is 12.1. The average Bonchev–Trinajstić information content (AvgIpc) is 2.92. The van der Waals surface area contributed by atoms with Gasteiger partial charge in [-0.3, -0.25) is 8.98 Å². The highest BCUT2D eigenvalue weighted by Crippen LogP contribution is 2.33. The minimum Gasteiger partial charge on any atom is -0.433 e. The van der Waals surface area contributed by atoms with E-state index in [1.807, 2.05) is 13.8 Å². The van der Waals surface area contributed by atoms with Gasteiger partial charge in [-0.25, -0.2) is 4.79 Å². The minimum atomic E-state index is -3.75. The molecule has 0 bridgehead atoms. The molecule has 0 spiro atoms. The first-order valence-corrected chi connectivity index (χ1v) is 10.0. The lowest BCUT2D eigenvalue weighted by Gasteiger charge is -2.27. The quantitative estimate of drug-likeness (QED) is 0.345. The summed E-state index contributed by atoms with van der Waals surface area (Å²) in [6.45, 7) is 8.72. The predicted molar refractivity (Wildman–Crippen MR) is 91.0 cm³/mol. The molecule has 9 heteroatoms. The smallest absolute Gasteiger partial charge is 0.338 e. The van der Waals surface area contributed by atoms with E-state index in [9.17, 15) is 18.0 Å². The maximum Gasteiger partial charge on any atom is 0.338 e. The Bertz CT molecular complexity index is 573. The van der Waals surface area contributed by atoms with E-state index in [2.05, 4.69) is 5.32 Å². The summed E-state index contributed by atoms with van der Waals surface area (Å²) in [6.07, 6.45) is -0.442. The van der Waals surface area contributed by atoms with E-state index >= 15 is 0 Å². The molecular weight excluding hydrogens is 350 g/mol. The van der Waals surface area contributed by atoms with Gasteiger partial charge in [-0.1, -0.05) is 27.7 Å². The van der Waals surface area contributed by atoms with Crippen molar-refractivity contribution in [3.63, 3.8) is 0 Å². The number of cyclic esters (lactones) is 1. The molecule has 0 aromatic carbocycles. The summed E-state index contributed by atoms with van der Waals surface area (Å²) in [5.41, 5.74) is -0.857. The van der Waals surface area contributed by atoms with Crippen molar-refractivity contribution in [1.29, 1.82) is 0 Å². The summed E-state index contributed by atoms with van der Waals surface area (Å²) < 4.78 is 39.9. The number of carbonyl (C=O) groups excluding carboxylic acids is 2. The van der Waals surface area contributed by atoms with Crippen LogP contribution >= 0.6 is 0 Å². The lowest BCUT2D eigenvalue weighted by molar-refractivity contribution is -0.147. The average molecular weight is 379 g/mol. The van der Waals surface area contributed by atoms with Crippen LogP contribution in [0.5, 0.6) is 0 Å². The first-order valence-electron chi connectivity index (χ1n) is 8.46. The highest BCUT2D eigenvalue weighted by atomic mass is 32.2. The van der Waals surface area contributed by atoms with Gasteiger partial charge in [0.15, 0.2) is 6.10 Å². The van der Waals surface area contributed by atoms with Crippen LogP contribution in [0.25, 0.3) is 0 Å². The molecule has 1 aliphatic heterocycles. The van der Waals surface area contributed by atoms with Crippen molar-refractivity contribution in [1.82, 2.24) is 5.32 Å². The van der Waals surface area contributed by atoms with E-state index in [1.54, 1.807) is 13.8 Å². The van der Waals surface area contributed by atoms with E-state index in [1.165, 1.54) is 6.92 Å². The Morgan fingerprint density at radius 1 is 1.40 bits per heavy atom. The third kappa shape index (κ3) is 6.91. The minimum absolute atomic E-state index is 0.0585. The van der Waals surface area contributed by atoms with Crippen LogP contribution in [-0.2, 0) is 33.4 Å². The van der Waals surface area contributed by atoms with Gasteiger partial charge in [0, 0.05) is 24.8 Å². The predicted octanol–water partition coefficient (Wildman–Crippen LogP) is 1.20. The Balaban J connectivity index is 2.54. The Morgan fingerprint density at radius 2 is 2.04 bits per heavy atom. The van der Waals surface area contributed by atoms with E-state index in [-0.39, 0.29) is 37.2 Å². The van der Waals surface area contributed by atoms with E-state index in [0.717, 1.165) is 6.42 Å². The van der Waals surface area contributed by atoms with Gasteiger partial charge in [0.25, 0.3) is 10.1 Å². The molecule has 0 aromatic heterocycles. The summed E-state index contributed by atoms with van der Waals surface area (Å²) in [6, 6.07) is 0. The second-order valence-corrected chi connectivity index (χ2v) is 8.82. The fraction of sp³-hybridized carbons (Fsp3) is 0.875. The molecule has 1 amide bonds. The first kappa shape index (κ1) is 21.9. The summed E-state index contributed by atoms with van der Waals surface area (Å²) in [7, 11) is -3.75. The van der Waals surface area contributed by atoms with Crippen LogP contribution < -0.4 is 5.32 Å². The molecule has 2 unspecified atom stereocenters. The molecule has 1 heterocycles. The van der Waals surface area contributed by atoms with Gasteiger partial charge in [0.05, 0.1) is 12.4 Å². The van der Waals surface area contributed by atoms with Crippen molar-refractivity contribution in [3.05, 3.63) is 0 Å². The standard InChI is InChI=1S/C16H29NO7S/c1-6-11(2)15-23-13(14(19)24-15)16(4,5)10-22-25(20,21)9-7-8-17-12(3)18/h11,13,15H,6-10H2,1-5H3,(H,17,18)/t11?,13-,15?/m0/s1. The summed E-state index contributed by atoms with van der Waals surface area (Å²) >= 11 is 0. The number of hydrogen-bond acceptors (Lipinski definition) is 7. The number of carbonyl (C=O) groups is 2. The van der Waals surface area contributed by atoms with Crippen LogP contribution in [0.15, 0.2) is 0 Å². The Kier molecular flexibility index (Phi) is 7.83. The topological polar surface area (TPSA) is 108 Å². The Labute approximate surface area is 149 Å². The molecule has 1 rings (SSSR count). The molecule has 0 aliphatic carbocycles. The molecule has 1 fully saturated rings. The van der Waals surface area contributed by atoms with Gasteiger partial charge in [-0.05, 0) is 12.8 Å². The van der Waals surface area contributed by atoms with Crippen molar-refractivity contribution >= 4 is 22.0 Å². The van der Waals surface area contributed by atoms with Crippen LogP contribution in [0.2, 0.25) is 0 Å². The number of ether oxygens (including phenoxy) is 2. The Hall–Kier alpha value is -1.19. The molecule has 3 atom stereocenters. The zero-order valence-corrected chi connectivity index (χ0v) is 16.4. The normalized spacial score (nSPS) is 22.5. The number of amides is 1. The summed E-state index contributed by atoms with van der Waals surface area (Å²) in [5.74, 6) is -0.869. The highest BCUT2D eigenvalue weighted by molar-refractivity contribution is 7.86. The van der Waals surface area contributed by atoms with Crippen molar-refractivity contribution < 1.29 is 31.7 Å². The van der Waals surface area contributed by atoms with Crippen LogP contribution in [-0.4, -0.2) is 51.6 Å². The molecule has 8 nitrogen and oxygen atoms in total.